The van der Waals surface area contributed by atoms with Gasteiger partial charge in [-0.25, -0.2) is 0 Å². The summed E-state index contributed by atoms with van der Waals surface area (Å²) in [7, 11) is 0. The first kappa shape index (κ1) is 41.4. The summed E-state index contributed by atoms with van der Waals surface area (Å²) >= 11 is 0. The van der Waals surface area contributed by atoms with Crippen LogP contribution in [0.4, 0.5) is 17.1 Å². The van der Waals surface area contributed by atoms with Gasteiger partial charge in [0.1, 0.15) is 0 Å². The van der Waals surface area contributed by atoms with Crippen molar-refractivity contribution in [3.05, 3.63) is 210 Å². The van der Waals surface area contributed by atoms with Crippen molar-refractivity contribution >= 4 is 17.1 Å². The molecule has 344 valence electrons. The molecule has 6 bridgehead atoms. The zero-order valence-corrected chi connectivity index (χ0v) is 40.8. The van der Waals surface area contributed by atoms with E-state index in [1.165, 1.54) is 130 Å². The molecule has 0 saturated heterocycles. The molecule has 3 atom stereocenters. The fourth-order valence-corrected chi connectivity index (χ4v) is 17.5. The quantitative estimate of drug-likeness (QED) is 0.161. The SMILES string of the molecule is CC1CC2CC(C2)[C@]2(c3ccccc3-c3ccc(-c4cccc(-c5cccc(N(c6ccc(-c7ccccc7)cc6)c6ccc7c(c6)C6(c8ccccc8-7)C7CC8CC(C7)CC6C8)c5)c4)cc32)[C@@H](C)C1. The van der Waals surface area contributed by atoms with Crippen LogP contribution in [0.5, 0.6) is 0 Å². The lowest BCUT2D eigenvalue weighted by Crippen LogP contribution is -2.55. The summed E-state index contributed by atoms with van der Waals surface area (Å²) < 4.78 is 0. The van der Waals surface area contributed by atoms with Gasteiger partial charge in [-0.1, -0.05) is 153 Å². The minimum absolute atomic E-state index is 0.0813. The summed E-state index contributed by atoms with van der Waals surface area (Å²) in [4.78, 5) is 2.55. The van der Waals surface area contributed by atoms with Crippen molar-refractivity contribution in [1.29, 1.82) is 0 Å². The topological polar surface area (TPSA) is 3.24 Å². The van der Waals surface area contributed by atoms with Crippen LogP contribution >= 0.6 is 0 Å². The predicted octanol–water partition coefficient (Wildman–Crippen LogP) is 18.2. The van der Waals surface area contributed by atoms with Crippen molar-refractivity contribution in [2.24, 2.45) is 47.3 Å². The smallest absolute Gasteiger partial charge is 0.0467 e. The highest BCUT2D eigenvalue weighted by molar-refractivity contribution is 5.89. The van der Waals surface area contributed by atoms with Gasteiger partial charge in [0.25, 0.3) is 0 Å². The van der Waals surface area contributed by atoms with E-state index in [1.807, 2.05) is 0 Å². The van der Waals surface area contributed by atoms with Crippen LogP contribution in [-0.4, -0.2) is 0 Å². The molecule has 8 aromatic carbocycles. The van der Waals surface area contributed by atoms with Crippen molar-refractivity contribution in [2.45, 2.75) is 82.5 Å². The molecule has 2 spiro atoms. The highest BCUT2D eigenvalue weighted by atomic mass is 15.1. The van der Waals surface area contributed by atoms with Gasteiger partial charge in [-0.05, 0) is 232 Å². The first-order valence-corrected chi connectivity index (χ1v) is 27.1. The standard InChI is InChI=1S/C69H63N/c1-43-30-44(2)68(54-33-45(31-43)34-54)64-20-8-6-18-60(64)62-28-24-53(41-66(62)68)51-15-10-14-50(39-51)52-16-11-17-58(40-52)70(57-25-22-49(23-26-57)48-12-4-3-5-13-48)59-27-29-63-61-19-7-9-21-65(61)69(67(63)42-59)55-35-46-32-47(37-55)38-56(69)36-46/h3-29,39-47,54-56H,30-38H2,1-2H3/t43?,44-,45?,46?,47?,54?,55?,56?,68-,69?/m0/s1. The van der Waals surface area contributed by atoms with E-state index in [-0.39, 0.29) is 10.8 Å². The third-order valence-electron chi connectivity index (χ3n) is 19.9. The summed E-state index contributed by atoms with van der Waals surface area (Å²) in [5, 5.41) is 0. The Morgan fingerprint density at radius 2 is 0.771 bits per heavy atom. The molecular weight excluding hydrogens is 843 g/mol. The number of fused-ring (bicyclic) bond motifs is 9. The molecule has 7 saturated carbocycles. The van der Waals surface area contributed by atoms with Crippen LogP contribution in [0.15, 0.2) is 188 Å². The fraction of sp³-hybridized carbons (Fsp3) is 0.304. The molecule has 0 aliphatic heterocycles. The average molecular weight is 906 g/mol. The molecule has 17 rings (SSSR count). The molecule has 70 heavy (non-hydrogen) atoms. The number of anilines is 3. The maximum atomic E-state index is 2.65. The van der Waals surface area contributed by atoms with Crippen molar-refractivity contribution in [2.75, 3.05) is 4.90 Å². The molecule has 0 heterocycles. The van der Waals surface area contributed by atoms with E-state index in [4.69, 9.17) is 0 Å². The van der Waals surface area contributed by atoms with E-state index in [0.717, 1.165) is 35.5 Å². The Bertz CT molecular complexity index is 3320. The van der Waals surface area contributed by atoms with E-state index in [9.17, 15) is 0 Å². The van der Waals surface area contributed by atoms with Crippen LogP contribution < -0.4 is 4.90 Å². The summed E-state index contributed by atoms with van der Waals surface area (Å²) in [6.45, 7) is 5.11. The number of nitrogens with zero attached hydrogens (tertiary/aromatic N) is 1. The summed E-state index contributed by atoms with van der Waals surface area (Å²) in [5.41, 5.74) is 23.7. The highest BCUT2D eigenvalue weighted by Gasteiger charge is 2.62. The Hall–Kier alpha value is -6.44. The van der Waals surface area contributed by atoms with E-state index in [1.54, 1.807) is 22.3 Å². The summed E-state index contributed by atoms with van der Waals surface area (Å²) in [6.07, 6.45) is 12.4. The lowest BCUT2D eigenvalue weighted by Gasteiger charge is -2.61. The Morgan fingerprint density at radius 3 is 1.46 bits per heavy atom. The third-order valence-corrected chi connectivity index (χ3v) is 19.9. The van der Waals surface area contributed by atoms with E-state index < -0.39 is 0 Å². The monoisotopic (exact) mass is 905 g/mol. The first-order valence-electron chi connectivity index (χ1n) is 27.1. The maximum absolute atomic E-state index is 2.65. The molecular formula is C69H63N. The van der Waals surface area contributed by atoms with Crippen LogP contribution in [-0.2, 0) is 10.8 Å². The van der Waals surface area contributed by atoms with Crippen LogP contribution in [0.1, 0.15) is 93.9 Å². The van der Waals surface area contributed by atoms with Crippen molar-refractivity contribution < 1.29 is 0 Å². The maximum Gasteiger partial charge on any atom is 0.0467 e. The van der Waals surface area contributed by atoms with Gasteiger partial charge in [0, 0.05) is 27.9 Å². The van der Waals surface area contributed by atoms with Crippen LogP contribution in [0.25, 0.3) is 55.6 Å². The molecule has 0 radical (unpaired) electrons. The van der Waals surface area contributed by atoms with E-state index in [0.29, 0.717) is 11.8 Å². The normalized spacial score (nSPS) is 29.2. The van der Waals surface area contributed by atoms with Gasteiger partial charge in [0.05, 0.1) is 0 Å². The van der Waals surface area contributed by atoms with Crippen LogP contribution in [0, 0.1) is 47.3 Å². The predicted molar refractivity (Wildman–Crippen MR) is 291 cm³/mol. The average Bonchev–Trinajstić information content (AvgIpc) is 3.84. The van der Waals surface area contributed by atoms with Gasteiger partial charge < -0.3 is 4.90 Å². The zero-order valence-electron chi connectivity index (χ0n) is 40.8. The molecule has 0 amide bonds. The third kappa shape index (κ3) is 5.90. The first-order chi connectivity index (χ1) is 34.4. The van der Waals surface area contributed by atoms with Gasteiger partial charge in [-0.3, -0.25) is 0 Å². The number of rotatable bonds is 6. The van der Waals surface area contributed by atoms with E-state index in [2.05, 4.69) is 207 Å². The van der Waals surface area contributed by atoms with Crippen LogP contribution in [0.3, 0.4) is 0 Å². The number of benzene rings is 8. The van der Waals surface area contributed by atoms with Crippen molar-refractivity contribution in [3.63, 3.8) is 0 Å². The molecule has 1 unspecified atom stereocenters. The number of hydrogen-bond donors (Lipinski definition) is 0. The molecule has 7 fully saturated rings. The largest absolute Gasteiger partial charge is 0.310 e. The van der Waals surface area contributed by atoms with Gasteiger partial charge in [-0.15, -0.1) is 0 Å². The molecule has 1 nitrogen and oxygen atoms in total. The number of hydrogen-bond acceptors (Lipinski definition) is 1. The van der Waals surface area contributed by atoms with E-state index >= 15 is 0 Å². The van der Waals surface area contributed by atoms with Gasteiger partial charge in [0.2, 0.25) is 0 Å². The zero-order chi connectivity index (χ0) is 46.3. The van der Waals surface area contributed by atoms with Crippen molar-refractivity contribution in [3.8, 4) is 55.6 Å². The summed E-state index contributed by atoms with van der Waals surface area (Å²) in [6, 6.07) is 73.0. The van der Waals surface area contributed by atoms with Gasteiger partial charge in [0.15, 0.2) is 0 Å². The lowest BCUT2D eigenvalue weighted by atomic mass is 9.43. The van der Waals surface area contributed by atoms with Gasteiger partial charge in [-0.2, -0.15) is 0 Å². The molecule has 9 aliphatic carbocycles. The second-order valence-electron chi connectivity index (χ2n) is 23.5. The minimum atomic E-state index is 0.0813. The molecule has 0 aromatic heterocycles. The summed E-state index contributed by atoms with van der Waals surface area (Å²) in [5.74, 6) is 6.23. The Labute approximate surface area is 415 Å². The highest BCUT2D eigenvalue weighted by Crippen LogP contribution is 2.70. The second kappa shape index (κ2) is 15.5. The Balaban J connectivity index is 0.840. The molecule has 0 N–H and O–H groups in total. The minimum Gasteiger partial charge on any atom is -0.310 e. The molecule has 9 aliphatic rings. The second-order valence-corrected chi connectivity index (χ2v) is 23.5. The lowest BCUT2D eigenvalue weighted by molar-refractivity contribution is -0.0399. The van der Waals surface area contributed by atoms with Crippen LogP contribution in [0.2, 0.25) is 0 Å². The molecule has 8 aromatic rings. The van der Waals surface area contributed by atoms with Crippen molar-refractivity contribution in [1.82, 2.24) is 0 Å². The molecule has 1 heteroatoms. The Kier molecular flexibility index (Phi) is 9.17. The Morgan fingerprint density at radius 1 is 0.314 bits per heavy atom. The fourth-order valence-electron chi connectivity index (χ4n) is 17.5. The van der Waals surface area contributed by atoms with Gasteiger partial charge >= 0.3 is 0 Å².